The van der Waals surface area contributed by atoms with Crippen LogP contribution >= 0.6 is 11.3 Å². The Morgan fingerprint density at radius 1 is 1.23 bits per heavy atom. The summed E-state index contributed by atoms with van der Waals surface area (Å²) in [6.07, 6.45) is 0. The van der Waals surface area contributed by atoms with Crippen molar-refractivity contribution in [3.05, 3.63) is 52.2 Å². The highest BCUT2D eigenvalue weighted by Crippen LogP contribution is 2.24. The number of nitrogens with zero attached hydrogens (tertiary/aromatic N) is 2. The number of fused-ring (bicyclic) bond motifs is 1. The van der Waals surface area contributed by atoms with Crippen molar-refractivity contribution >= 4 is 33.1 Å². The number of benzene rings is 1. The van der Waals surface area contributed by atoms with E-state index in [-0.39, 0.29) is 22.6 Å². The number of carbonyl (C=O) groups excluding carboxylic acids is 1. The molecular formula is C18H21N3O3S2. The summed E-state index contributed by atoms with van der Waals surface area (Å²) in [6, 6.07) is 9.92. The van der Waals surface area contributed by atoms with Crippen molar-refractivity contribution < 1.29 is 13.2 Å². The van der Waals surface area contributed by atoms with E-state index in [0.717, 1.165) is 4.88 Å². The minimum atomic E-state index is -3.62. The number of hydrogen-bond acceptors (Lipinski definition) is 5. The van der Waals surface area contributed by atoms with Gasteiger partial charge in [-0.3, -0.25) is 14.5 Å². The highest BCUT2D eigenvalue weighted by molar-refractivity contribution is 7.90. The summed E-state index contributed by atoms with van der Waals surface area (Å²) in [5.74, 6) is 0.0275. The van der Waals surface area contributed by atoms with Crippen LogP contribution in [0.1, 0.15) is 24.3 Å². The fourth-order valence-corrected chi connectivity index (χ4v) is 4.79. The van der Waals surface area contributed by atoms with Crippen molar-refractivity contribution in [2.24, 2.45) is 10.9 Å². The van der Waals surface area contributed by atoms with Gasteiger partial charge in [0.15, 0.2) is 0 Å². The zero-order valence-corrected chi connectivity index (χ0v) is 16.5. The number of carbonyl (C=O) groups is 1. The molecule has 0 aliphatic carbocycles. The molecule has 0 spiro atoms. The molecule has 0 radical (unpaired) electrons. The first-order chi connectivity index (χ1) is 12.3. The molecule has 0 saturated carbocycles. The SMILES string of the molecule is CC(C)[C@H](N=C1NS(=O)(=O)c2ccccc21)C(=O)N(C)Cc1cccs1. The van der Waals surface area contributed by atoms with Crippen molar-refractivity contribution in [1.82, 2.24) is 9.62 Å². The monoisotopic (exact) mass is 391 g/mol. The van der Waals surface area contributed by atoms with Gasteiger partial charge in [-0.05, 0) is 29.5 Å². The largest absolute Gasteiger partial charge is 0.339 e. The summed E-state index contributed by atoms with van der Waals surface area (Å²) < 4.78 is 27.0. The lowest BCUT2D eigenvalue weighted by Crippen LogP contribution is -2.39. The zero-order valence-electron chi connectivity index (χ0n) is 14.8. The summed E-state index contributed by atoms with van der Waals surface area (Å²) >= 11 is 1.59. The van der Waals surface area contributed by atoms with E-state index in [1.807, 2.05) is 31.4 Å². The molecule has 1 aliphatic rings. The predicted molar refractivity (Wildman–Crippen MR) is 103 cm³/mol. The Balaban J connectivity index is 1.89. The van der Waals surface area contributed by atoms with E-state index in [4.69, 9.17) is 0 Å². The second kappa shape index (κ2) is 7.20. The summed E-state index contributed by atoms with van der Waals surface area (Å²) in [4.78, 5) is 20.3. The van der Waals surface area contributed by atoms with Crippen LogP contribution in [0, 0.1) is 5.92 Å². The van der Waals surface area contributed by atoms with Crippen LogP contribution in [0.2, 0.25) is 0 Å². The van der Waals surface area contributed by atoms with Gasteiger partial charge in [0.25, 0.3) is 10.0 Å². The fourth-order valence-electron chi connectivity index (χ4n) is 2.80. The van der Waals surface area contributed by atoms with E-state index >= 15 is 0 Å². The number of nitrogens with one attached hydrogen (secondary N) is 1. The van der Waals surface area contributed by atoms with Gasteiger partial charge in [0.1, 0.15) is 11.9 Å². The first kappa shape index (κ1) is 18.6. The zero-order chi connectivity index (χ0) is 18.9. The maximum Gasteiger partial charge on any atom is 0.263 e. The number of amides is 1. The Labute approximate surface area is 157 Å². The van der Waals surface area contributed by atoms with E-state index in [2.05, 4.69) is 9.71 Å². The first-order valence-electron chi connectivity index (χ1n) is 8.27. The van der Waals surface area contributed by atoms with Crippen LogP contribution in [-0.4, -0.2) is 38.2 Å². The van der Waals surface area contributed by atoms with Gasteiger partial charge < -0.3 is 4.90 Å². The van der Waals surface area contributed by atoms with Crippen molar-refractivity contribution in [2.75, 3.05) is 7.05 Å². The minimum Gasteiger partial charge on any atom is -0.339 e. The van der Waals surface area contributed by atoms with E-state index in [1.54, 1.807) is 41.5 Å². The number of amidine groups is 1. The number of aliphatic imine (C=N–C) groups is 1. The molecular weight excluding hydrogens is 370 g/mol. The second-order valence-corrected chi connectivity index (χ2v) is 9.22. The average Bonchev–Trinajstić information content (AvgIpc) is 3.18. The molecule has 138 valence electrons. The molecule has 1 aromatic carbocycles. The van der Waals surface area contributed by atoms with Crippen LogP contribution < -0.4 is 4.72 Å². The van der Waals surface area contributed by atoms with Crippen molar-refractivity contribution in [2.45, 2.75) is 31.3 Å². The van der Waals surface area contributed by atoms with Crippen molar-refractivity contribution in [3.63, 3.8) is 0 Å². The molecule has 1 atom stereocenters. The Bertz CT molecular complexity index is 934. The molecule has 0 fully saturated rings. The molecule has 1 aromatic heterocycles. The van der Waals surface area contributed by atoms with Crippen LogP contribution in [0.25, 0.3) is 0 Å². The van der Waals surface area contributed by atoms with E-state index in [9.17, 15) is 13.2 Å². The normalized spacial score (nSPS) is 17.8. The quantitative estimate of drug-likeness (QED) is 0.850. The maximum atomic E-state index is 12.9. The van der Waals surface area contributed by atoms with Crippen LogP contribution in [0.15, 0.2) is 51.7 Å². The molecule has 0 bridgehead atoms. The van der Waals surface area contributed by atoms with Crippen LogP contribution in [0.4, 0.5) is 0 Å². The standard InChI is InChI=1S/C18H21N3O3S2/c1-12(2)16(18(22)21(3)11-13-7-6-10-25-13)19-17-14-8-4-5-9-15(14)26(23,24)20-17/h4-10,12,16H,11H2,1-3H3,(H,19,20)/t16-/m0/s1. The highest BCUT2D eigenvalue weighted by Gasteiger charge is 2.33. The minimum absolute atomic E-state index is 0.0712. The Morgan fingerprint density at radius 2 is 1.96 bits per heavy atom. The van der Waals surface area contributed by atoms with Crippen LogP contribution in [0.3, 0.4) is 0 Å². The molecule has 3 rings (SSSR count). The topological polar surface area (TPSA) is 78.8 Å². The highest BCUT2D eigenvalue weighted by atomic mass is 32.2. The van der Waals surface area contributed by atoms with Crippen molar-refractivity contribution in [1.29, 1.82) is 0 Å². The smallest absolute Gasteiger partial charge is 0.263 e. The van der Waals surface area contributed by atoms with Gasteiger partial charge in [-0.2, -0.15) is 0 Å². The van der Waals surface area contributed by atoms with E-state index < -0.39 is 16.1 Å². The third-order valence-corrected chi connectivity index (χ3v) is 6.42. The van der Waals surface area contributed by atoms with Gasteiger partial charge in [0.05, 0.1) is 11.4 Å². The third-order valence-electron chi connectivity index (χ3n) is 4.16. The lowest BCUT2D eigenvalue weighted by molar-refractivity contribution is -0.132. The Hall–Kier alpha value is -2.19. The Kier molecular flexibility index (Phi) is 5.15. The molecule has 0 saturated heterocycles. The summed E-state index contributed by atoms with van der Waals surface area (Å²) in [5.41, 5.74) is 0.506. The van der Waals surface area contributed by atoms with Gasteiger partial charge in [-0.15, -0.1) is 11.3 Å². The number of thiophene rings is 1. The molecule has 0 unspecified atom stereocenters. The molecule has 1 N–H and O–H groups in total. The molecule has 2 aromatic rings. The third kappa shape index (κ3) is 3.66. The van der Waals surface area contributed by atoms with Crippen LogP contribution in [0.5, 0.6) is 0 Å². The average molecular weight is 392 g/mol. The molecule has 1 aliphatic heterocycles. The van der Waals surface area contributed by atoms with Crippen LogP contribution in [-0.2, 0) is 21.4 Å². The summed E-state index contributed by atoms with van der Waals surface area (Å²) in [7, 11) is -1.88. The molecule has 6 nitrogen and oxygen atoms in total. The molecule has 26 heavy (non-hydrogen) atoms. The predicted octanol–water partition coefficient (Wildman–Crippen LogP) is 2.47. The lowest BCUT2D eigenvalue weighted by Gasteiger charge is -2.23. The maximum absolute atomic E-state index is 12.9. The van der Waals surface area contributed by atoms with Crippen molar-refractivity contribution in [3.8, 4) is 0 Å². The molecule has 8 heteroatoms. The van der Waals surface area contributed by atoms with E-state index in [1.165, 1.54) is 6.07 Å². The fraction of sp³-hybridized carbons (Fsp3) is 0.333. The van der Waals surface area contributed by atoms with Gasteiger partial charge in [0, 0.05) is 17.5 Å². The van der Waals surface area contributed by atoms with Gasteiger partial charge in [-0.25, -0.2) is 8.42 Å². The Morgan fingerprint density at radius 3 is 2.62 bits per heavy atom. The lowest BCUT2D eigenvalue weighted by atomic mass is 10.0. The van der Waals surface area contributed by atoms with Gasteiger partial charge in [-0.1, -0.05) is 32.0 Å². The first-order valence-corrected chi connectivity index (χ1v) is 10.6. The molecule has 1 amide bonds. The summed E-state index contributed by atoms with van der Waals surface area (Å²) in [5, 5.41) is 1.97. The number of sulfonamides is 1. The van der Waals surface area contributed by atoms with Gasteiger partial charge in [0.2, 0.25) is 5.91 Å². The summed E-state index contributed by atoms with van der Waals surface area (Å²) in [6.45, 7) is 4.31. The van der Waals surface area contributed by atoms with Gasteiger partial charge >= 0.3 is 0 Å². The van der Waals surface area contributed by atoms with E-state index in [0.29, 0.717) is 12.1 Å². The number of rotatable bonds is 5. The molecule has 2 heterocycles. The second-order valence-electron chi connectivity index (χ2n) is 6.54. The number of hydrogen-bond donors (Lipinski definition) is 1. The number of likely N-dealkylation sites (N-methyl/N-ethyl adjacent to an activating group) is 1.